The zero-order valence-electron chi connectivity index (χ0n) is 16.0. The van der Waals surface area contributed by atoms with Gasteiger partial charge in [0.1, 0.15) is 5.84 Å². The van der Waals surface area contributed by atoms with Crippen LogP contribution in [0.25, 0.3) is 10.9 Å². The van der Waals surface area contributed by atoms with Crippen LogP contribution in [0, 0.1) is 5.41 Å². The van der Waals surface area contributed by atoms with Gasteiger partial charge in [-0.05, 0) is 23.8 Å². The minimum atomic E-state index is -1.46. The van der Waals surface area contributed by atoms with Crippen molar-refractivity contribution in [1.82, 2.24) is 9.29 Å². The van der Waals surface area contributed by atoms with E-state index in [2.05, 4.69) is 5.32 Å². The Morgan fingerprint density at radius 2 is 1.63 bits per heavy atom. The predicted octanol–water partition coefficient (Wildman–Crippen LogP) is 3.43. The summed E-state index contributed by atoms with van der Waals surface area (Å²) in [5.74, 6) is -0.240. The first-order valence-corrected chi connectivity index (χ1v) is 10.4. The van der Waals surface area contributed by atoms with Crippen LogP contribution in [0.1, 0.15) is 21.5 Å². The number of rotatable bonds is 6. The molecule has 150 valence electrons. The lowest BCUT2D eigenvalue weighted by Gasteiger charge is -2.06. The lowest BCUT2D eigenvalue weighted by Crippen LogP contribution is -2.22. The van der Waals surface area contributed by atoms with Gasteiger partial charge in [-0.2, -0.15) is 0 Å². The molecule has 1 heterocycles. The highest BCUT2D eigenvalue weighted by atomic mass is 32.2. The van der Waals surface area contributed by atoms with Crippen molar-refractivity contribution in [1.29, 1.82) is 5.41 Å². The minimum Gasteiger partial charge on any atom is -0.384 e. The maximum atomic E-state index is 13.1. The molecule has 1 aromatic heterocycles. The number of carbonyl (C=O) groups is 1. The second-order valence-electron chi connectivity index (χ2n) is 6.74. The molecule has 4 rings (SSSR count). The van der Waals surface area contributed by atoms with Crippen LogP contribution in [0.2, 0.25) is 0 Å². The van der Waals surface area contributed by atoms with Gasteiger partial charge in [0.25, 0.3) is 5.91 Å². The third kappa shape index (κ3) is 3.88. The molecule has 30 heavy (non-hydrogen) atoms. The highest BCUT2D eigenvalue weighted by Crippen LogP contribution is 2.24. The Bertz CT molecular complexity index is 1250. The molecule has 0 radical (unpaired) electrons. The number of nitrogens with zero attached hydrogens (tertiary/aromatic N) is 1. The van der Waals surface area contributed by atoms with E-state index in [4.69, 9.17) is 11.1 Å². The van der Waals surface area contributed by atoms with E-state index in [-0.39, 0.29) is 11.7 Å². The third-order valence-corrected chi connectivity index (χ3v) is 6.10. The molecular weight excluding hydrogens is 396 g/mol. The zero-order valence-corrected chi connectivity index (χ0v) is 16.9. The summed E-state index contributed by atoms with van der Waals surface area (Å²) in [5.41, 5.74) is 8.20. The van der Waals surface area contributed by atoms with E-state index < -0.39 is 11.0 Å². The summed E-state index contributed by atoms with van der Waals surface area (Å²) in [4.78, 5) is 13.6. The van der Waals surface area contributed by atoms with Crippen molar-refractivity contribution in [3.63, 3.8) is 0 Å². The van der Waals surface area contributed by atoms with E-state index in [9.17, 15) is 9.00 Å². The molecule has 0 aliphatic carbocycles. The van der Waals surface area contributed by atoms with Gasteiger partial charge in [-0.1, -0.05) is 60.7 Å². The van der Waals surface area contributed by atoms with E-state index in [1.165, 1.54) is 0 Å². The zero-order chi connectivity index (χ0) is 21.1. The fourth-order valence-corrected chi connectivity index (χ4v) is 4.35. The number of benzene rings is 3. The number of carbonyl (C=O) groups excluding carboxylic acids is 1. The topological polar surface area (TPSA) is 101 Å². The average molecular weight is 417 g/mol. The molecular formula is C23H20N4O2S. The first-order valence-electron chi connectivity index (χ1n) is 9.33. The maximum Gasteiger partial charge on any atom is 0.253 e. The number of para-hydroxylation sites is 1. The maximum absolute atomic E-state index is 13.1. The fraction of sp³-hybridized carbons (Fsp3) is 0.0435. The van der Waals surface area contributed by atoms with E-state index >= 15 is 0 Å². The molecule has 0 fully saturated rings. The quantitative estimate of drug-likeness (QED) is 0.332. The number of nitrogen functional groups attached to an aromatic ring is 1. The normalized spacial score (nSPS) is 11.9. The Labute approximate surface area is 176 Å². The second-order valence-corrected chi connectivity index (χ2v) is 8.10. The van der Waals surface area contributed by atoms with Gasteiger partial charge >= 0.3 is 0 Å². The molecule has 1 amide bonds. The van der Waals surface area contributed by atoms with Crippen molar-refractivity contribution in [3.05, 3.63) is 102 Å². The van der Waals surface area contributed by atoms with Crippen LogP contribution in [0.5, 0.6) is 0 Å². The number of aromatic nitrogens is 1. The van der Waals surface area contributed by atoms with Crippen LogP contribution in [-0.2, 0) is 17.5 Å². The highest BCUT2D eigenvalue weighted by molar-refractivity contribution is 7.83. The van der Waals surface area contributed by atoms with E-state index in [0.29, 0.717) is 22.6 Å². The molecule has 0 saturated carbocycles. The SMILES string of the molecule is N=C(N)c1ccc(CNC(=O)c2cn(S(=O)c3ccccc3)c3ccccc23)cc1. The average Bonchev–Trinajstić information content (AvgIpc) is 3.17. The van der Waals surface area contributed by atoms with Crippen molar-refractivity contribution in [2.45, 2.75) is 11.4 Å². The summed E-state index contributed by atoms with van der Waals surface area (Å²) in [6, 6.07) is 23.7. The lowest BCUT2D eigenvalue weighted by atomic mass is 10.1. The van der Waals surface area contributed by atoms with Gasteiger partial charge in [0.2, 0.25) is 0 Å². The standard InChI is InChI=1S/C23H20N4O2S/c24-22(25)17-12-10-16(11-13-17)14-26-23(28)20-15-27(21-9-5-4-8-19(20)21)30(29)18-6-2-1-3-7-18/h1-13,15H,14H2,(H3,24,25)(H,26,28). The largest absolute Gasteiger partial charge is 0.384 e. The van der Waals surface area contributed by atoms with Gasteiger partial charge < -0.3 is 11.1 Å². The van der Waals surface area contributed by atoms with Gasteiger partial charge in [0.05, 0.1) is 16.0 Å². The Kier molecular flexibility index (Phi) is 5.45. The molecule has 0 aliphatic rings. The summed E-state index contributed by atoms with van der Waals surface area (Å²) in [6.45, 7) is 0.332. The molecule has 4 aromatic rings. The number of nitrogens with two attached hydrogens (primary N) is 1. The van der Waals surface area contributed by atoms with Crippen molar-refractivity contribution < 1.29 is 9.00 Å². The number of nitrogens with one attached hydrogen (secondary N) is 2. The van der Waals surface area contributed by atoms with Gasteiger partial charge in [-0.25, -0.2) is 4.21 Å². The van der Waals surface area contributed by atoms with Gasteiger partial charge in [0.15, 0.2) is 11.0 Å². The third-order valence-electron chi connectivity index (χ3n) is 4.76. The number of amides is 1. The predicted molar refractivity (Wildman–Crippen MR) is 119 cm³/mol. The summed E-state index contributed by atoms with van der Waals surface area (Å²) in [7, 11) is -1.46. The van der Waals surface area contributed by atoms with Crippen molar-refractivity contribution >= 4 is 33.6 Å². The van der Waals surface area contributed by atoms with Crippen LogP contribution < -0.4 is 11.1 Å². The number of hydrogen-bond acceptors (Lipinski definition) is 3. The summed E-state index contributed by atoms with van der Waals surface area (Å²) in [5, 5.41) is 11.1. The van der Waals surface area contributed by atoms with Crippen molar-refractivity contribution in [2.24, 2.45) is 5.73 Å². The molecule has 0 bridgehead atoms. The van der Waals surface area contributed by atoms with Gasteiger partial charge in [0, 0.05) is 23.7 Å². The molecule has 0 aliphatic heterocycles. The molecule has 6 nitrogen and oxygen atoms in total. The van der Waals surface area contributed by atoms with Crippen LogP contribution in [-0.4, -0.2) is 19.9 Å². The van der Waals surface area contributed by atoms with E-state index in [0.717, 1.165) is 16.5 Å². The fourth-order valence-electron chi connectivity index (χ4n) is 3.20. The molecule has 0 saturated heterocycles. The summed E-state index contributed by atoms with van der Waals surface area (Å²) < 4.78 is 14.7. The van der Waals surface area contributed by atoms with Gasteiger partial charge in [-0.15, -0.1) is 0 Å². The van der Waals surface area contributed by atoms with Gasteiger partial charge in [-0.3, -0.25) is 14.2 Å². The summed E-state index contributed by atoms with van der Waals surface area (Å²) in [6.07, 6.45) is 1.64. The Hall–Kier alpha value is -3.71. The lowest BCUT2D eigenvalue weighted by molar-refractivity contribution is 0.0952. The van der Waals surface area contributed by atoms with Crippen LogP contribution >= 0.6 is 0 Å². The monoisotopic (exact) mass is 416 g/mol. The number of hydrogen-bond donors (Lipinski definition) is 3. The Morgan fingerprint density at radius 1 is 0.967 bits per heavy atom. The Morgan fingerprint density at radius 3 is 2.33 bits per heavy atom. The first kappa shape index (κ1) is 19.6. The van der Waals surface area contributed by atoms with Crippen LogP contribution in [0.4, 0.5) is 0 Å². The van der Waals surface area contributed by atoms with Crippen molar-refractivity contribution in [3.8, 4) is 0 Å². The van der Waals surface area contributed by atoms with Crippen molar-refractivity contribution in [2.75, 3.05) is 0 Å². The molecule has 7 heteroatoms. The molecule has 1 unspecified atom stereocenters. The summed E-state index contributed by atoms with van der Waals surface area (Å²) >= 11 is 0. The van der Waals surface area contributed by atoms with Crippen LogP contribution in [0.3, 0.4) is 0 Å². The van der Waals surface area contributed by atoms with E-state index in [1.807, 2.05) is 54.6 Å². The highest BCUT2D eigenvalue weighted by Gasteiger charge is 2.18. The molecule has 4 N–H and O–H groups in total. The Balaban J connectivity index is 1.60. The van der Waals surface area contributed by atoms with Crippen LogP contribution in [0.15, 0.2) is 90.0 Å². The molecule has 3 aromatic carbocycles. The smallest absolute Gasteiger partial charge is 0.253 e. The number of fused-ring (bicyclic) bond motifs is 1. The first-order chi connectivity index (χ1) is 14.5. The molecule has 0 spiro atoms. The minimum absolute atomic E-state index is 0.00446. The van der Waals surface area contributed by atoms with E-state index in [1.54, 1.807) is 34.4 Å². The molecule has 1 atom stereocenters. The number of amidine groups is 1. The second kappa shape index (κ2) is 8.34.